The van der Waals surface area contributed by atoms with Gasteiger partial charge < -0.3 is 5.73 Å². The molecule has 0 amide bonds. The van der Waals surface area contributed by atoms with Crippen LogP contribution in [0, 0.1) is 0 Å². The van der Waals surface area contributed by atoms with Crippen LogP contribution in [0.3, 0.4) is 0 Å². The molecular weight excluding hydrogens is 256 g/mol. The van der Waals surface area contributed by atoms with Crippen LogP contribution in [0.4, 0.5) is 5.69 Å². The highest BCUT2D eigenvalue weighted by atomic mass is 14.9. The molecule has 0 atom stereocenters. The molecule has 108 valence electrons. The Balaban J connectivity index is 2.23. The Hall–Kier alpha value is -2.09. The molecule has 2 N–H and O–H groups in total. The van der Waals surface area contributed by atoms with Crippen molar-refractivity contribution in [3.8, 4) is 0 Å². The number of rotatable bonds is 3. The van der Waals surface area contributed by atoms with E-state index in [1.165, 1.54) is 11.1 Å². The number of benzene rings is 2. The Labute approximate surface area is 126 Å². The van der Waals surface area contributed by atoms with Gasteiger partial charge >= 0.3 is 0 Å². The zero-order valence-corrected chi connectivity index (χ0v) is 12.8. The first-order valence-electron chi connectivity index (χ1n) is 7.72. The van der Waals surface area contributed by atoms with E-state index in [-0.39, 0.29) is 5.54 Å². The molecule has 2 aromatic rings. The van der Waals surface area contributed by atoms with Crippen molar-refractivity contribution < 1.29 is 0 Å². The molecule has 0 aliphatic carbocycles. The van der Waals surface area contributed by atoms with E-state index in [9.17, 15) is 0 Å². The molecule has 0 spiro atoms. The lowest BCUT2D eigenvalue weighted by molar-refractivity contribution is 0.392. The Kier molecular flexibility index (Phi) is 3.54. The summed E-state index contributed by atoms with van der Waals surface area (Å²) in [6.07, 6.45) is 3.12. The predicted octanol–water partition coefficient (Wildman–Crippen LogP) is 4.22. The number of anilines is 1. The highest BCUT2D eigenvalue weighted by Crippen LogP contribution is 2.35. The van der Waals surface area contributed by atoms with Crippen LogP contribution in [-0.2, 0) is 6.42 Å². The number of para-hydroxylation sites is 1. The van der Waals surface area contributed by atoms with Crippen LogP contribution in [0.25, 0.3) is 0 Å². The second-order valence-electron chi connectivity index (χ2n) is 5.81. The quantitative estimate of drug-likeness (QED) is 0.839. The fraction of sp³-hybridized carbons (Fsp3) is 0.316. The third-order valence-corrected chi connectivity index (χ3v) is 4.67. The molecular formula is C19H22N2. The maximum absolute atomic E-state index is 6.20. The van der Waals surface area contributed by atoms with E-state index >= 15 is 0 Å². The molecule has 0 fully saturated rings. The zero-order valence-electron chi connectivity index (χ0n) is 12.8. The van der Waals surface area contributed by atoms with Crippen molar-refractivity contribution in [2.45, 2.75) is 38.6 Å². The number of nitrogens with zero attached hydrogens (tertiary/aromatic N) is 1. The lowest BCUT2D eigenvalue weighted by Crippen LogP contribution is -2.34. The summed E-state index contributed by atoms with van der Waals surface area (Å²) < 4.78 is 0. The van der Waals surface area contributed by atoms with Gasteiger partial charge in [0, 0.05) is 16.8 Å². The minimum absolute atomic E-state index is 0.00592. The molecule has 1 aliphatic heterocycles. The summed E-state index contributed by atoms with van der Waals surface area (Å²) >= 11 is 0. The Morgan fingerprint density at radius 3 is 2.24 bits per heavy atom. The van der Waals surface area contributed by atoms with Crippen LogP contribution in [0.5, 0.6) is 0 Å². The third kappa shape index (κ3) is 2.35. The summed E-state index contributed by atoms with van der Waals surface area (Å²) in [7, 11) is 0. The minimum Gasteiger partial charge on any atom is -0.398 e. The van der Waals surface area contributed by atoms with Gasteiger partial charge in [0.05, 0.1) is 11.3 Å². The van der Waals surface area contributed by atoms with E-state index < -0.39 is 0 Å². The monoisotopic (exact) mass is 278 g/mol. The highest BCUT2D eigenvalue weighted by Gasteiger charge is 2.32. The number of nitrogen functional groups attached to an aromatic ring is 1. The van der Waals surface area contributed by atoms with Crippen molar-refractivity contribution in [2.75, 3.05) is 5.73 Å². The van der Waals surface area contributed by atoms with Gasteiger partial charge in [-0.3, -0.25) is 4.99 Å². The molecule has 0 saturated heterocycles. The minimum atomic E-state index is 0.00592. The largest absolute Gasteiger partial charge is 0.398 e. The average Bonchev–Trinajstić information content (AvgIpc) is 2.54. The van der Waals surface area contributed by atoms with Gasteiger partial charge in [-0.1, -0.05) is 56.3 Å². The summed E-state index contributed by atoms with van der Waals surface area (Å²) in [5.74, 6) is 0. The van der Waals surface area contributed by atoms with Crippen LogP contribution in [-0.4, -0.2) is 11.3 Å². The summed E-state index contributed by atoms with van der Waals surface area (Å²) in [4.78, 5) is 5.16. The van der Waals surface area contributed by atoms with Crippen molar-refractivity contribution in [1.29, 1.82) is 0 Å². The molecule has 1 aliphatic rings. The van der Waals surface area contributed by atoms with E-state index in [1.807, 2.05) is 18.2 Å². The zero-order chi connectivity index (χ0) is 14.9. The molecule has 0 aromatic heterocycles. The number of hydrogen-bond donors (Lipinski definition) is 1. The third-order valence-electron chi connectivity index (χ3n) is 4.67. The summed E-state index contributed by atoms with van der Waals surface area (Å²) in [5.41, 5.74) is 11.7. The molecule has 21 heavy (non-hydrogen) atoms. The first-order chi connectivity index (χ1) is 10.2. The van der Waals surface area contributed by atoms with Crippen LogP contribution in [0.15, 0.2) is 53.5 Å². The maximum Gasteiger partial charge on any atom is 0.0749 e. The molecule has 0 saturated carbocycles. The number of aliphatic imine (C=N–C) groups is 1. The molecule has 3 rings (SSSR count). The fourth-order valence-corrected chi connectivity index (χ4v) is 3.17. The van der Waals surface area contributed by atoms with E-state index in [1.54, 1.807) is 0 Å². The van der Waals surface area contributed by atoms with Gasteiger partial charge in [0.1, 0.15) is 0 Å². The second kappa shape index (κ2) is 5.36. The van der Waals surface area contributed by atoms with Gasteiger partial charge in [-0.25, -0.2) is 0 Å². The summed E-state index contributed by atoms with van der Waals surface area (Å²) in [6, 6.07) is 16.6. The van der Waals surface area contributed by atoms with Crippen LogP contribution in [0.2, 0.25) is 0 Å². The van der Waals surface area contributed by atoms with Gasteiger partial charge in [0.25, 0.3) is 0 Å². The standard InChI is InChI=1S/C19H22N2/c1-3-19(4-2)13-14-9-5-6-10-15(14)18(21-19)16-11-7-8-12-17(16)20/h5-12H,3-4,13,20H2,1-2H3. The highest BCUT2D eigenvalue weighted by molar-refractivity contribution is 6.17. The van der Waals surface area contributed by atoms with Crippen molar-refractivity contribution in [1.82, 2.24) is 0 Å². The first kappa shape index (κ1) is 13.9. The van der Waals surface area contributed by atoms with Crippen LogP contribution >= 0.6 is 0 Å². The molecule has 1 heterocycles. The van der Waals surface area contributed by atoms with Gasteiger partial charge in [-0.2, -0.15) is 0 Å². The van der Waals surface area contributed by atoms with E-state index in [0.29, 0.717) is 0 Å². The van der Waals surface area contributed by atoms with Gasteiger partial charge in [-0.05, 0) is 30.9 Å². The average molecular weight is 278 g/mol. The van der Waals surface area contributed by atoms with E-state index in [0.717, 1.165) is 36.2 Å². The predicted molar refractivity (Wildman–Crippen MR) is 90.0 cm³/mol. The number of fused-ring (bicyclic) bond motifs is 1. The molecule has 2 nitrogen and oxygen atoms in total. The molecule has 2 heteroatoms. The first-order valence-corrected chi connectivity index (χ1v) is 7.72. The number of nitrogens with two attached hydrogens (primary N) is 1. The van der Waals surface area contributed by atoms with Crippen molar-refractivity contribution in [3.05, 3.63) is 65.2 Å². The Morgan fingerprint density at radius 2 is 1.57 bits per heavy atom. The fourth-order valence-electron chi connectivity index (χ4n) is 3.17. The van der Waals surface area contributed by atoms with Crippen LogP contribution < -0.4 is 5.73 Å². The van der Waals surface area contributed by atoms with Crippen LogP contribution in [0.1, 0.15) is 43.4 Å². The van der Waals surface area contributed by atoms with Crippen molar-refractivity contribution in [2.24, 2.45) is 4.99 Å². The normalized spacial score (nSPS) is 16.2. The topological polar surface area (TPSA) is 38.4 Å². The van der Waals surface area contributed by atoms with E-state index in [4.69, 9.17) is 10.7 Å². The van der Waals surface area contributed by atoms with E-state index in [2.05, 4.69) is 44.2 Å². The van der Waals surface area contributed by atoms with Gasteiger partial charge in [-0.15, -0.1) is 0 Å². The number of hydrogen-bond acceptors (Lipinski definition) is 2. The SMILES string of the molecule is CCC1(CC)Cc2ccccc2C(c2ccccc2N)=N1. The molecule has 2 aromatic carbocycles. The molecule has 0 unspecified atom stereocenters. The Bertz CT molecular complexity index is 681. The van der Waals surface area contributed by atoms with Gasteiger partial charge in [0.2, 0.25) is 0 Å². The lowest BCUT2D eigenvalue weighted by atomic mass is 9.79. The Morgan fingerprint density at radius 1 is 0.952 bits per heavy atom. The van der Waals surface area contributed by atoms with Crippen molar-refractivity contribution >= 4 is 11.4 Å². The smallest absolute Gasteiger partial charge is 0.0749 e. The molecule has 0 bridgehead atoms. The van der Waals surface area contributed by atoms with Crippen molar-refractivity contribution in [3.63, 3.8) is 0 Å². The van der Waals surface area contributed by atoms with Gasteiger partial charge in [0.15, 0.2) is 0 Å². The summed E-state index contributed by atoms with van der Waals surface area (Å²) in [6.45, 7) is 4.46. The second-order valence-corrected chi connectivity index (χ2v) is 5.81. The lowest BCUT2D eigenvalue weighted by Gasteiger charge is -2.34. The summed E-state index contributed by atoms with van der Waals surface area (Å²) in [5, 5.41) is 0. The maximum atomic E-state index is 6.20. The molecule has 0 radical (unpaired) electrons.